The maximum absolute atomic E-state index is 12.6. The van der Waals surface area contributed by atoms with E-state index in [0.717, 1.165) is 0 Å². The zero-order valence-electron chi connectivity index (χ0n) is 16.1. The standard InChI is InChI=1S/C19H31N3O3S/c1-4-22(5-2)26(24,25)18-13-9-10-16(14-18)20-19(23)15-21(3)17-11-7-6-8-12-17/h9-10,13-14,17H,4-8,11-12,15H2,1-3H3,(H,20,23)/p+1. The molecular formula is C19H32N3O3S+. The number of quaternary nitrogens is 1. The molecule has 1 saturated carbocycles. The fourth-order valence-corrected chi connectivity index (χ4v) is 5.15. The van der Waals surface area contributed by atoms with Gasteiger partial charge in [0, 0.05) is 18.8 Å². The summed E-state index contributed by atoms with van der Waals surface area (Å²) in [6.07, 6.45) is 6.14. The van der Waals surface area contributed by atoms with Gasteiger partial charge in [-0.2, -0.15) is 4.31 Å². The molecule has 26 heavy (non-hydrogen) atoms. The van der Waals surface area contributed by atoms with Crippen LogP contribution in [0.1, 0.15) is 46.0 Å². The number of rotatable bonds is 8. The summed E-state index contributed by atoms with van der Waals surface area (Å²) in [4.78, 5) is 13.8. The van der Waals surface area contributed by atoms with Crippen molar-refractivity contribution in [1.82, 2.24) is 4.31 Å². The molecule has 1 aliphatic carbocycles. The third-order valence-corrected chi connectivity index (χ3v) is 7.25. The van der Waals surface area contributed by atoms with E-state index in [4.69, 9.17) is 0 Å². The number of anilines is 1. The monoisotopic (exact) mass is 382 g/mol. The van der Waals surface area contributed by atoms with Crippen LogP contribution in [0.25, 0.3) is 0 Å². The first-order valence-electron chi connectivity index (χ1n) is 9.60. The quantitative estimate of drug-likeness (QED) is 0.716. The molecule has 0 aliphatic heterocycles. The first kappa shape index (κ1) is 20.9. The van der Waals surface area contributed by atoms with Crippen LogP contribution in [0.2, 0.25) is 0 Å². The lowest BCUT2D eigenvalue weighted by Gasteiger charge is -2.27. The maximum atomic E-state index is 12.6. The van der Waals surface area contributed by atoms with Crippen molar-refractivity contribution in [2.75, 3.05) is 32.0 Å². The number of nitrogens with one attached hydrogen (secondary N) is 2. The van der Waals surface area contributed by atoms with Crippen LogP contribution in [0.4, 0.5) is 5.69 Å². The molecule has 1 atom stereocenters. The van der Waals surface area contributed by atoms with Crippen molar-refractivity contribution in [3.8, 4) is 0 Å². The molecule has 1 aromatic rings. The Balaban J connectivity index is 2.02. The largest absolute Gasteiger partial charge is 0.327 e. The van der Waals surface area contributed by atoms with E-state index < -0.39 is 10.0 Å². The van der Waals surface area contributed by atoms with E-state index in [2.05, 4.69) is 12.4 Å². The third kappa shape index (κ3) is 5.28. The molecule has 146 valence electrons. The van der Waals surface area contributed by atoms with E-state index >= 15 is 0 Å². The van der Waals surface area contributed by atoms with E-state index in [1.165, 1.54) is 41.3 Å². The van der Waals surface area contributed by atoms with Crippen LogP contribution in [-0.4, -0.2) is 51.4 Å². The highest BCUT2D eigenvalue weighted by Crippen LogP contribution is 2.19. The Labute approximate surface area is 157 Å². The maximum Gasteiger partial charge on any atom is 0.279 e. The lowest BCUT2D eigenvalue weighted by Crippen LogP contribution is -3.14. The van der Waals surface area contributed by atoms with Crippen molar-refractivity contribution >= 4 is 21.6 Å². The van der Waals surface area contributed by atoms with Gasteiger partial charge < -0.3 is 10.2 Å². The molecule has 2 N–H and O–H groups in total. The second-order valence-corrected chi connectivity index (χ2v) is 8.96. The Hall–Kier alpha value is -1.44. The number of hydrogen-bond donors (Lipinski definition) is 2. The summed E-state index contributed by atoms with van der Waals surface area (Å²) in [6.45, 7) is 4.88. The van der Waals surface area contributed by atoms with Crippen molar-refractivity contribution < 1.29 is 18.1 Å². The van der Waals surface area contributed by atoms with Gasteiger partial charge in [0.1, 0.15) is 0 Å². The van der Waals surface area contributed by atoms with E-state index in [0.29, 0.717) is 31.4 Å². The molecule has 0 spiro atoms. The highest BCUT2D eigenvalue weighted by atomic mass is 32.2. The Bertz CT molecular complexity index is 696. The van der Waals surface area contributed by atoms with Crippen LogP contribution in [0.5, 0.6) is 0 Å². The molecular weight excluding hydrogens is 350 g/mol. The second kappa shape index (κ2) is 9.48. The number of sulfonamides is 1. The van der Waals surface area contributed by atoms with Crippen LogP contribution >= 0.6 is 0 Å². The zero-order valence-corrected chi connectivity index (χ0v) is 16.9. The summed E-state index contributed by atoms with van der Waals surface area (Å²) in [5.41, 5.74) is 0.527. The van der Waals surface area contributed by atoms with Crippen LogP contribution < -0.4 is 10.2 Å². The number of hydrogen-bond acceptors (Lipinski definition) is 3. The summed E-state index contributed by atoms with van der Waals surface area (Å²) in [5.74, 6) is -0.0783. The van der Waals surface area contributed by atoms with Gasteiger partial charge in [0.05, 0.1) is 18.0 Å². The molecule has 0 heterocycles. The molecule has 1 unspecified atom stereocenters. The topological polar surface area (TPSA) is 70.9 Å². The van der Waals surface area contributed by atoms with Gasteiger partial charge in [0.15, 0.2) is 6.54 Å². The Morgan fingerprint density at radius 3 is 2.46 bits per heavy atom. The van der Waals surface area contributed by atoms with E-state index in [9.17, 15) is 13.2 Å². The number of likely N-dealkylation sites (N-methyl/N-ethyl adjacent to an activating group) is 1. The van der Waals surface area contributed by atoms with Gasteiger partial charge >= 0.3 is 0 Å². The Morgan fingerprint density at radius 1 is 1.19 bits per heavy atom. The van der Waals surface area contributed by atoms with Gasteiger partial charge in [-0.15, -0.1) is 0 Å². The minimum absolute atomic E-state index is 0.0783. The summed E-state index contributed by atoms with van der Waals surface area (Å²) < 4.78 is 26.7. The summed E-state index contributed by atoms with van der Waals surface area (Å²) in [5, 5.41) is 2.86. The van der Waals surface area contributed by atoms with Crippen molar-refractivity contribution in [1.29, 1.82) is 0 Å². The molecule has 7 heteroatoms. The van der Waals surface area contributed by atoms with Gasteiger partial charge in [0.25, 0.3) is 5.91 Å². The van der Waals surface area contributed by atoms with Crippen LogP contribution in [0.15, 0.2) is 29.2 Å². The van der Waals surface area contributed by atoms with Crippen LogP contribution in [-0.2, 0) is 14.8 Å². The SMILES string of the molecule is CCN(CC)S(=O)(=O)c1cccc(NC(=O)C[NH+](C)C2CCCCC2)c1. The van der Waals surface area contributed by atoms with Crippen LogP contribution in [0, 0.1) is 0 Å². The van der Waals surface area contributed by atoms with Gasteiger partial charge in [-0.25, -0.2) is 8.42 Å². The smallest absolute Gasteiger partial charge is 0.279 e. The molecule has 1 fully saturated rings. The fraction of sp³-hybridized carbons (Fsp3) is 0.632. The molecule has 0 aromatic heterocycles. The highest BCUT2D eigenvalue weighted by molar-refractivity contribution is 7.89. The second-order valence-electron chi connectivity index (χ2n) is 7.02. The van der Waals surface area contributed by atoms with Crippen molar-refractivity contribution in [2.24, 2.45) is 0 Å². The number of nitrogens with zero attached hydrogens (tertiary/aromatic N) is 1. The Kier molecular flexibility index (Phi) is 7.61. The number of carbonyl (C=O) groups is 1. The lowest BCUT2D eigenvalue weighted by atomic mass is 9.94. The molecule has 2 rings (SSSR count). The van der Waals surface area contributed by atoms with Gasteiger partial charge in [-0.05, 0) is 43.9 Å². The van der Waals surface area contributed by atoms with Gasteiger partial charge in [0.2, 0.25) is 10.0 Å². The van der Waals surface area contributed by atoms with E-state index in [1.807, 2.05) is 13.8 Å². The van der Waals surface area contributed by atoms with E-state index in [-0.39, 0.29) is 10.8 Å². The molecule has 0 radical (unpaired) electrons. The first-order valence-corrected chi connectivity index (χ1v) is 11.0. The summed E-state index contributed by atoms with van der Waals surface area (Å²) in [7, 11) is -1.46. The molecule has 0 saturated heterocycles. The molecule has 1 aliphatic rings. The first-order chi connectivity index (χ1) is 12.4. The minimum atomic E-state index is -3.52. The lowest BCUT2D eigenvalue weighted by molar-refractivity contribution is -0.899. The van der Waals surface area contributed by atoms with Crippen molar-refractivity contribution in [3.63, 3.8) is 0 Å². The van der Waals surface area contributed by atoms with Crippen molar-refractivity contribution in [3.05, 3.63) is 24.3 Å². The summed E-state index contributed by atoms with van der Waals surface area (Å²) >= 11 is 0. The molecule has 1 aromatic carbocycles. The van der Waals surface area contributed by atoms with E-state index in [1.54, 1.807) is 24.3 Å². The minimum Gasteiger partial charge on any atom is -0.327 e. The predicted octanol–water partition coefficient (Wildman–Crippen LogP) is 1.50. The zero-order chi connectivity index (χ0) is 19.2. The van der Waals surface area contributed by atoms with Crippen molar-refractivity contribution in [2.45, 2.75) is 56.9 Å². The Morgan fingerprint density at radius 2 is 1.85 bits per heavy atom. The normalized spacial score (nSPS) is 17.2. The number of carbonyl (C=O) groups excluding carboxylic acids is 1. The number of amides is 1. The summed E-state index contributed by atoms with van der Waals surface area (Å²) in [6, 6.07) is 7.06. The predicted molar refractivity (Wildman–Crippen MR) is 104 cm³/mol. The van der Waals surface area contributed by atoms with Gasteiger partial charge in [-0.1, -0.05) is 26.3 Å². The average molecular weight is 383 g/mol. The average Bonchev–Trinajstić information content (AvgIpc) is 2.63. The fourth-order valence-electron chi connectivity index (χ4n) is 3.65. The molecule has 6 nitrogen and oxygen atoms in total. The highest BCUT2D eigenvalue weighted by Gasteiger charge is 2.24. The van der Waals surface area contributed by atoms with Gasteiger partial charge in [-0.3, -0.25) is 4.79 Å². The third-order valence-electron chi connectivity index (χ3n) is 5.20. The molecule has 0 bridgehead atoms. The molecule has 1 amide bonds. The van der Waals surface area contributed by atoms with Crippen LogP contribution in [0.3, 0.4) is 0 Å². The number of benzene rings is 1.